The van der Waals surface area contributed by atoms with Gasteiger partial charge in [-0.3, -0.25) is 9.59 Å². The van der Waals surface area contributed by atoms with Gasteiger partial charge in [-0.25, -0.2) is 13.5 Å². The second kappa shape index (κ2) is 12.2. The number of nitrogens with zero attached hydrogens (tertiary/aromatic N) is 4. The minimum atomic E-state index is -0.960. The Kier molecular flexibility index (Phi) is 8.95. The van der Waals surface area contributed by atoms with Gasteiger partial charge in [-0.05, 0) is 35.1 Å². The van der Waals surface area contributed by atoms with Crippen LogP contribution in [-0.2, 0) is 9.59 Å². The molecule has 1 fully saturated rings. The molecule has 214 valence electrons. The molecule has 4 rings (SSSR count). The first-order valence-corrected chi connectivity index (χ1v) is 13.4. The first-order valence-electron chi connectivity index (χ1n) is 13.4. The second-order valence-electron chi connectivity index (χ2n) is 10.8. The zero-order chi connectivity index (χ0) is 29.1. The van der Waals surface area contributed by atoms with Crippen molar-refractivity contribution in [2.75, 3.05) is 13.2 Å². The van der Waals surface area contributed by atoms with Gasteiger partial charge in [0.2, 0.25) is 11.8 Å². The van der Waals surface area contributed by atoms with Crippen molar-refractivity contribution in [3.63, 3.8) is 0 Å². The van der Waals surface area contributed by atoms with Gasteiger partial charge >= 0.3 is 0 Å². The molecule has 1 saturated heterocycles. The van der Waals surface area contributed by atoms with Gasteiger partial charge in [-0.1, -0.05) is 63.2 Å². The standard InChI is InChI=1S/C29H35F2N5O4/c1-16(2)23-14-36(34-33-23)27(17(3)4)29(40)35-13-20(38)12-25(35)28(39)32-24(15-37)18-8-10-19(11-9-18)26-21(30)6-5-7-22(26)31/h5-11,14,16-17,20,24-25,27,37-38H,12-13,15H2,1-4H3,(H,32,39)/t20-,24+,25+,27+/m1/s1. The van der Waals surface area contributed by atoms with Crippen LogP contribution in [0.25, 0.3) is 11.1 Å². The molecule has 0 spiro atoms. The number of aliphatic hydroxyl groups is 2. The van der Waals surface area contributed by atoms with Gasteiger partial charge in [0, 0.05) is 19.2 Å². The van der Waals surface area contributed by atoms with E-state index in [9.17, 15) is 28.6 Å². The number of carbonyl (C=O) groups excluding carboxylic acids is 2. The maximum atomic E-state index is 14.2. The lowest BCUT2D eigenvalue weighted by Gasteiger charge is -2.30. The van der Waals surface area contributed by atoms with Crippen molar-refractivity contribution >= 4 is 11.8 Å². The summed E-state index contributed by atoms with van der Waals surface area (Å²) in [6.07, 6.45) is 0.880. The maximum Gasteiger partial charge on any atom is 0.248 e. The van der Waals surface area contributed by atoms with Crippen LogP contribution >= 0.6 is 0 Å². The van der Waals surface area contributed by atoms with Crippen LogP contribution in [0.3, 0.4) is 0 Å². The average molecular weight is 556 g/mol. The topological polar surface area (TPSA) is 121 Å². The number of hydrogen-bond acceptors (Lipinski definition) is 6. The van der Waals surface area contributed by atoms with E-state index in [-0.39, 0.29) is 36.3 Å². The van der Waals surface area contributed by atoms with Crippen molar-refractivity contribution in [1.82, 2.24) is 25.2 Å². The Bertz CT molecular complexity index is 1320. The highest BCUT2D eigenvalue weighted by Crippen LogP contribution is 2.29. The fourth-order valence-electron chi connectivity index (χ4n) is 5.03. The fraction of sp³-hybridized carbons (Fsp3) is 0.448. The van der Waals surface area contributed by atoms with Crippen molar-refractivity contribution in [1.29, 1.82) is 0 Å². The predicted octanol–water partition coefficient (Wildman–Crippen LogP) is 3.36. The molecule has 1 aliphatic rings. The summed E-state index contributed by atoms with van der Waals surface area (Å²) in [5.41, 5.74) is 1.40. The summed E-state index contributed by atoms with van der Waals surface area (Å²) in [4.78, 5) is 28.5. The van der Waals surface area contributed by atoms with E-state index < -0.39 is 48.4 Å². The molecule has 0 radical (unpaired) electrons. The molecule has 0 saturated carbocycles. The van der Waals surface area contributed by atoms with Gasteiger partial charge in [0.05, 0.1) is 30.0 Å². The first-order chi connectivity index (χ1) is 19.0. The van der Waals surface area contributed by atoms with Crippen LogP contribution in [0.5, 0.6) is 0 Å². The van der Waals surface area contributed by atoms with Gasteiger partial charge in [0.25, 0.3) is 0 Å². The number of benzene rings is 2. The van der Waals surface area contributed by atoms with E-state index in [0.717, 1.165) is 5.69 Å². The number of aliphatic hydroxyl groups excluding tert-OH is 2. The van der Waals surface area contributed by atoms with E-state index in [1.165, 1.54) is 39.9 Å². The summed E-state index contributed by atoms with van der Waals surface area (Å²) in [7, 11) is 0. The second-order valence-corrected chi connectivity index (χ2v) is 10.8. The maximum absolute atomic E-state index is 14.2. The minimum Gasteiger partial charge on any atom is -0.394 e. The van der Waals surface area contributed by atoms with Gasteiger partial charge in [-0.15, -0.1) is 5.10 Å². The predicted molar refractivity (Wildman–Crippen MR) is 144 cm³/mol. The number of likely N-dealkylation sites (tertiary alicyclic amines) is 1. The largest absolute Gasteiger partial charge is 0.394 e. The third-order valence-electron chi connectivity index (χ3n) is 7.22. The highest BCUT2D eigenvalue weighted by atomic mass is 19.1. The third-order valence-corrected chi connectivity index (χ3v) is 7.22. The number of aromatic nitrogens is 3. The highest BCUT2D eigenvalue weighted by Gasteiger charge is 2.43. The summed E-state index contributed by atoms with van der Waals surface area (Å²) in [6.45, 7) is 7.23. The first kappa shape index (κ1) is 29.3. The molecule has 3 N–H and O–H groups in total. The van der Waals surface area contributed by atoms with Crippen LogP contribution in [0.4, 0.5) is 8.78 Å². The molecule has 11 heteroatoms. The van der Waals surface area contributed by atoms with Crippen LogP contribution in [0.15, 0.2) is 48.7 Å². The zero-order valence-corrected chi connectivity index (χ0v) is 23.0. The SMILES string of the molecule is CC(C)c1cn([C@H](C(=O)N2C[C@H](O)C[C@H]2C(=O)N[C@@H](CO)c2ccc(-c3c(F)cccc3F)cc2)C(C)C)nn1. The number of halogens is 2. The Balaban J connectivity index is 1.52. The summed E-state index contributed by atoms with van der Waals surface area (Å²) in [5, 5.41) is 31.5. The Labute approximate surface area is 231 Å². The minimum absolute atomic E-state index is 0.0153. The average Bonchev–Trinajstić information content (AvgIpc) is 3.55. The molecule has 2 amide bonds. The van der Waals surface area contributed by atoms with Crippen LogP contribution < -0.4 is 5.32 Å². The summed E-state index contributed by atoms with van der Waals surface area (Å²) < 4.78 is 29.9. The summed E-state index contributed by atoms with van der Waals surface area (Å²) in [6, 6.07) is 7.26. The molecule has 0 bridgehead atoms. The van der Waals surface area contributed by atoms with Crippen molar-refractivity contribution in [3.8, 4) is 11.1 Å². The normalized spacial score (nSPS) is 18.8. The van der Waals surface area contributed by atoms with Gasteiger partial charge in [0.1, 0.15) is 23.7 Å². The molecular weight excluding hydrogens is 520 g/mol. The number of β-amino-alcohol motifs (C(OH)–C–C–N with tert-alkyl or cyclic N) is 1. The van der Waals surface area contributed by atoms with E-state index in [2.05, 4.69) is 15.6 Å². The van der Waals surface area contributed by atoms with Crippen molar-refractivity contribution in [2.24, 2.45) is 5.92 Å². The molecule has 4 atom stereocenters. The van der Waals surface area contributed by atoms with E-state index in [0.29, 0.717) is 11.1 Å². The quantitative estimate of drug-likeness (QED) is 0.373. The molecule has 3 aromatic rings. The fourth-order valence-corrected chi connectivity index (χ4v) is 5.03. The van der Waals surface area contributed by atoms with E-state index in [4.69, 9.17) is 0 Å². The molecule has 2 heterocycles. The third kappa shape index (κ3) is 6.05. The number of amides is 2. The van der Waals surface area contributed by atoms with Gasteiger partial charge < -0.3 is 20.4 Å². The van der Waals surface area contributed by atoms with Crippen LogP contribution in [0.2, 0.25) is 0 Å². The number of nitrogens with one attached hydrogen (secondary N) is 1. The van der Waals surface area contributed by atoms with Crippen LogP contribution in [0.1, 0.15) is 63.4 Å². The van der Waals surface area contributed by atoms with Crippen molar-refractivity contribution in [2.45, 2.75) is 64.3 Å². The molecule has 0 aliphatic carbocycles. The van der Waals surface area contributed by atoms with E-state index >= 15 is 0 Å². The lowest BCUT2D eigenvalue weighted by molar-refractivity contribution is -0.142. The number of rotatable bonds is 9. The molecule has 1 aliphatic heterocycles. The Morgan fingerprint density at radius 1 is 1.07 bits per heavy atom. The number of hydrogen-bond donors (Lipinski definition) is 3. The van der Waals surface area contributed by atoms with E-state index in [1.807, 2.05) is 27.7 Å². The summed E-state index contributed by atoms with van der Waals surface area (Å²) >= 11 is 0. The van der Waals surface area contributed by atoms with Gasteiger partial charge in [-0.2, -0.15) is 0 Å². The number of carbonyl (C=O) groups is 2. The molecular formula is C29H35F2N5O4. The lowest BCUT2D eigenvalue weighted by Crippen LogP contribution is -2.50. The van der Waals surface area contributed by atoms with Crippen LogP contribution in [0, 0.1) is 17.6 Å². The zero-order valence-electron chi connectivity index (χ0n) is 23.0. The van der Waals surface area contributed by atoms with E-state index in [1.54, 1.807) is 18.3 Å². The molecule has 1 aromatic heterocycles. The molecule has 2 aromatic carbocycles. The molecule has 40 heavy (non-hydrogen) atoms. The van der Waals surface area contributed by atoms with Crippen molar-refractivity contribution in [3.05, 3.63) is 71.6 Å². The Morgan fingerprint density at radius 2 is 1.73 bits per heavy atom. The van der Waals surface area contributed by atoms with Crippen molar-refractivity contribution < 1.29 is 28.6 Å². The van der Waals surface area contributed by atoms with Gasteiger partial charge in [0.15, 0.2) is 0 Å². The Morgan fingerprint density at radius 3 is 2.27 bits per heavy atom. The summed E-state index contributed by atoms with van der Waals surface area (Å²) in [5.74, 6) is -2.33. The smallest absolute Gasteiger partial charge is 0.248 e. The lowest BCUT2D eigenvalue weighted by atomic mass is 9.99. The Hall–Kier alpha value is -3.70. The highest BCUT2D eigenvalue weighted by molar-refractivity contribution is 5.90. The monoisotopic (exact) mass is 555 g/mol. The molecule has 9 nitrogen and oxygen atoms in total. The van der Waals surface area contributed by atoms with Crippen LogP contribution in [-0.4, -0.2) is 67.2 Å². The molecule has 0 unspecified atom stereocenters.